The highest BCUT2D eigenvalue weighted by molar-refractivity contribution is 5.75. The number of alkyl halides is 3. The number of carbonyl (C=O) groups is 1. The highest BCUT2D eigenvalue weighted by atomic mass is 19.4. The van der Waals surface area contributed by atoms with Crippen molar-refractivity contribution in [2.24, 2.45) is 0 Å². The van der Waals surface area contributed by atoms with Gasteiger partial charge in [0.25, 0.3) is 0 Å². The second-order valence-electron chi connectivity index (χ2n) is 9.03. The van der Waals surface area contributed by atoms with Crippen LogP contribution in [0.2, 0.25) is 0 Å². The zero-order chi connectivity index (χ0) is 26.4. The Hall–Kier alpha value is -3.87. The molecule has 2 aliphatic rings. The van der Waals surface area contributed by atoms with Crippen molar-refractivity contribution in [2.45, 2.75) is 37.9 Å². The van der Waals surface area contributed by atoms with Gasteiger partial charge in [-0.25, -0.2) is 14.2 Å². The van der Waals surface area contributed by atoms with Gasteiger partial charge in [0.1, 0.15) is 11.4 Å². The van der Waals surface area contributed by atoms with E-state index in [0.29, 0.717) is 48.6 Å². The molecule has 0 radical (unpaired) electrons. The third kappa shape index (κ3) is 5.03. The summed E-state index contributed by atoms with van der Waals surface area (Å²) in [6.07, 6.45) is -3.09. The smallest absolute Gasteiger partial charge is 0.402 e. The lowest BCUT2D eigenvalue weighted by atomic mass is 9.96. The van der Waals surface area contributed by atoms with E-state index in [1.54, 1.807) is 34.7 Å². The number of amides is 2. The summed E-state index contributed by atoms with van der Waals surface area (Å²) >= 11 is 0. The number of aromatic nitrogens is 3. The average molecular weight is 520 g/mol. The van der Waals surface area contributed by atoms with Gasteiger partial charge in [0, 0.05) is 24.7 Å². The van der Waals surface area contributed by atoms with E-state index in [4.69, 9.17) is 10.5 Å². The molecule has 2 aromatic heterocycles. The Labute approximate surface area is 209 Å². The zero-order valence-corrected chi connectivity index (χ0v) is 19.8. The number of nitrogens with two attached hydrogens (primary N) is 1. The fourth-order valence-corrected chi connectivity index (χ4v) is 4.72. The summed E-state index contributed by atoms with van der Waals surface area (Å²) in [5.74, 6) is -1.39. The van der Waals surface area contributed by atoms with Crippen LogP contribution in [0.5, 0.6) is 5.75 Å². The van der Waals surface area contributed by atoms with Crippen LogP contribution >= 0.6 is 0 Å². The molecule has 0 aliphatic carbocycles. The molecule has 13 heteroatoms. The fraction of sp³-hybridized carbons (Fsp3) is 0.375. The van der Waals surface area contributed by atoms with Gasteiger partial charge in [-0.15, -0.1) is 13.2 Å². The molecule has 0 saturated carbocycles. The summed E-state index contributed by atoms with van der Waals surface area (Å²) in [6.45, 7) is 3.23. The highest BCUT2D eigenvalue weighted by Gasteiger charge is 2.47. The Morgan fingerprint density at radius 3 is 2.84 bits per heavy atom. The molecule has 2 aliphatic heterocycles. The number of nitrogens with one attached hydrogen (secondary N) is 1. The first-order valence-corrected chi connectivity index (χ1v) is 11.6. The number of anilines is 1. The van der Waals surface area contributed by atoms with Crippen LogP contribution in [0, 0.1) is 5.82 Å². The number of ether oxygens (including phenoxy) is 2. The molecular formula is C24H24F4N6O3. The lowest BCUT2D eigenvalue weighted by molar-refractivity contribution is -0.274. The molecule has 4 heterocycles. The number of nitrogens with zero attached hydrogens (tertiary/aromatic N) is 4. The van der Waals surface area contributed by atoms with Crippen molar-refractivity contribution in [1.29, 1.82) is 0 Å². The monoisotopic (exact) mass is 520 g/mol. The number of nitrogen functional groups attached to an aromatic ring is 1. The number of hydrogen-bond acceptors (Lipinski definition) is 6. The Morgan fingerprint density at radius 2 is 2.08 bits per heavy atom. The summed E-state index contributed by atoms with van der Waals surface area (Å²) in [6, 6.07) is 8.17. The van der Waals surface area contributed by atoms with Crippen molar-refractivity contribution < 1.29 is 31.8 Å². The molecule has 1 fully saturated rings. The van der Waals surface area contributed by atoms with Gasteiger partial charge in [0.2, 0.25) is 0 Å². The molecule has 3 aromatic rings. The maximum atomic E-state index is 13.6. The maximum Gasteiger partial charge on any atom is 0.573 e. The third-order valence-electron chi connectivity index (χ3n) is 6.54. The van der Waals surface area contributed by atoms with Gasteiger partial charge in [0.15, 0.2) is 11.6 Å². The minimum absolute atomic E-state index is 0.252. The number of fused-ring (bicyclic) bond motifs is 2. The topological polar surface area (TPSA) is 108 Å². The van der Waals surface area contributed by atoms with Crippen LogP contribution in [0.1, 0.15) is 30.6 Å². The standard InChI is InChI=1S/C24H24F4N6O3/c1-14(15-3-2-4-17(25)9-15)31-22(35)33-6-5-23(13-33)20-11-18(32-34(20)7-8-36-23)16-10-19(21(29)30-12-16)37-24(26,27)28/h2-4,9-12,14H,5-8,13H2,1H3,(H2,29,30)(H,31,35)/t14-,23?/m1/s1. The molecule has 0 bridgehead atoms. The van der Waals surface area contributed by atoms with Crippen molar-refractivity contribution in [3.8, 4) is 17.0 Å². The molecule has 2 atom stereocenters. The van der Waals surface area contributed by atoms with Crippen molar-refractivity contribution in [3.05, 3.63) is 59.7 Å². The largest absolute Gasteiger partial charge is 0.573 e. The van der Waals surface area contributed by atoms with Gasteiger partial charge in [0.05, 0.1) is 37.1 Å². The number of halogens is 4. The van der Waals surface area contributed by atoms with Crippen LogP contribution in [0.15, 0.2) is 42.6 Å². The number of hydrogen-bond donors (Lipinski definition) is 2. The van der Waals surface area contributed by atoms with Crippen molar-refractivity contribution in [2.75, 3.05) is 25.4 Å². The van der Waals surface area contributed by atoms with Gasteiger partial charge in [-0.05, 0) is 36.8 Å². The average Bonchev–Trinajstić information content (AvgIpc) is 3.46. The molecule has 5 rings (SSSR count). The molecule has 37 heavy (non-hydrogen) atoms. The van der Waals surface area contributed by atoms with Gasteiger partial charge in [-0.1, -0.05) is 12.1 Å². The van der Waals surface area contributed by atoms with Crippen LogP contribution in [-0.4, -0.2) is 51.8 Å². The summed E-state index contributed by atoms with van der Waals surface area (Å²) in [5, 5.41) is 7.43. The minimum atomic E-state index is -4.92. The van der Waals surface area contributed by atoms with E-state index in [2.05, 4.69) is 20.1 Å². The molecule has 9 nitrogen and oxygen atoms in total. The number of urea groups is 1. The number of carbonyl (C=O) groups excluding carboxylic acids is 1. The first-order valence-electron chi connectivity index (χ1n) is 11.6. The van der Waals surface area contributed by atoms with Crippen LogP contribution in [0.4, 0.5) is 28.2 Å². The van der Waals surface area contributed by atoms with Crippen molar-refractivity contribution in [3.63, 3.8) is 0 Å². The SMILES string of the molecule is C[C@@H](NC(=O)N1CCC2(C1)OCCn1nc(-c3cnc(N)c(OC(F)(F)F)c3)cc12)c1cccc(F)c1. The third-order valence-corrected chi connectivity index (χ3v) is 6.54. The highest BCUT2D eigenvalue weighted by Crippen LogP contribution is 2.40. The number of likely N-dealkylation sites (tertiary alicyclic amines) is 1. The predicted molar refractivity (Wildman–Crippen MR) is 124 cm³/mol. The van der Waals surface area contributed by atoms with E-state index < -0.39 is 29.6 Å². The summed E-state index contributed by atoms with van der Waals surface area (Å²) in [5.41, 5.74) is 6.74. The number of benzene rings is 1. The van der Waals surface area contributed by atoms with Crippen molar-refractivity contribution >= 4 is 11.8 Å². The summed E-state index contributed by atoms with van der Waals surface area (Å²) < 4.78 is 63.7. The first-order chi connectivity index (χ1) is 17.5. The lowest BCUT2D eigenvalue weighted by Crippen LogP contribution is -2.44. The molecule has 196 valence electrons. The summed E-state index contributed by atoms with van der Waals surface area (Å²) in [7, 11) is 0. The first kappa shape index (κ1) is 24.8. The van der Waals surface area contributed by atoms with Crippen LogP contribution in [0.25, 0.3) is 11.3 Å². The molecule has 3 N–H and O–H groups in total. The van der Waals surface area contributed by atoms with E-state index in [1.165, 1.54) is 18.3 Å². The second kappa shape index (κ2) is 9.21. The molecule has 1 saturated heterocycles. The minimum Gasteiger partial charge on any atom is -0.402 e. The van der Waals surface area contributed by atoms with E-state index in [-0.39, 0.29) is 18.4 Å². The molecule has 2 amide bonds. The van der Waals surface area contributed by atoms with Crippen LogP contribution in [0.3, 0.4) is 0 Å². The number of rotatable bonds is 4. The van der Waals surface area contributed by atoms with Gasteiger partial charge in [-0.3, -0.25) is 4.68 Å². The lowest BCUT2D eigenvalue weighted by Gasteiger charge is -2.34. The molecule has 1 aromatic carbocycles. The Morgan fingerprint density at radius 1 is 1.27 bits per heavy atom. The van der Waals surface area contributed by atoms with Crippen molar-refractivity contribution in [1.82, 2.24) is 25.0 Å². The van der Waals surface area contributed by atoms with E-state index >= 15 is 0 Å². The van der Waals surface area contributed by atoms with E-state index in [1.807, 2.05) is 0 Å². The van der Waals surface area contributed by atoms with E-state index in [0.717, 1.165) is 6.07 Å². The fourth-order valence-electron chi connectivity index (χ4n) is 4.72. The van der Waals surface area contributed by atoms with Gasteiger partial charge < -0.3 is 25.4 Å². The molecule has 1 unspecified atom stereocenters. The molecular weight excluding hydrogens is 496 g/mol. The van der Waals surface area contributed by atoms with Gasteiger partial charge in [-0.2, -0.15) is 5.10 Å². The molecule has 1 spiro atoms. The zero-order valence-electron chi connectivity index (χ0n) is 19.8. The normalized spacial score (nSPS) is 20.1. The Kier molecular flexibility index (Phi) is 6.18. The maximum absolute atomic E-state index is 13.6. The van der Waals surface area contributed by atoms with Crippen LogP contribution in [-0.2, 0) is 16.9 Å². The summed E-state index contributed by atoms with van der Waals surface area (Å²) in [4.78, 5) is 18.4. The van der Waals surface area contributed by atoms with Crippen LogP contribution < -0.4 is 15.8 Å². The Balaban J connectivity index is 1.35. The quantitative estimate of drug-likeness (QED) is 0.505. The second-order valence-corrected chi connectivity index (χ2v) is 9.03. The van der Waals surface area contributed by atoms with E-state index in [9.17, 15) is 22.4 Å². The predicted octanol–water partition coefficient (Wildman–Crippen LogP) is 3.97. The van der Waals surface area contributed by atoms with Gasteiger partial charge >= 0.3 is 12.4 Å². The Bertz CT molecular complexity index is 1330. The number of pyridine rings is 1.